The molecule has 0 atom stereocenters. The molecule has 0 nitrogen and oxygen atoms in total. The minimum atomic E-state index is 1.33. The van der Waals surface area contributed by atoms with Crippen LogP contribution in [-0.4, -0.2) is 6.26 Å². The van der Waals surface area contributed by atoms with Gasteiger partial charge >= 0.3 is 0 Å². The monoisotopic (exact) mass is 320 g/mol. The summed E-state index contributed by atoms with van der Waals surface area (Å²) in [5.41, 5.74) is 0. The predicted molar refractivity (Wildman–Crippen MR) is 90.3 cm³/mol. The summed E-state index contributed by atoms with van der Waals surface area (Å²) in [6.45, 7) is 0. The minimum Gasteiger partial charge on any atom is -0.128 e. The maximum Gasteiger partial charge on any atom is 0.0566 e. The summed E-state index contributed by atoms with van der Waals surface area (Å²) in [6, 6.07) is 17.1. The lowest BCUT2D eigenvalue weighted by Gasteiger charge is -2.03. The fraction of sp³-hybridized carbons (Fsp3) is 0.0667. The lowest BCUT2D eigenvalue weighted by Crippen LogP contribution is -1.74. The first-order chi connectivity index (χ1) is 9.36. The van der Waals surface area contributed by atoms with E-state index in [0.29, 0.717) is 0 Å². The second-order valence-corrected chi connectivity index (χ2v) is 8.04. The first-order valence-corrected chi connectivity index (χ1v) is 9.55. The van der Waals surface area contributed by atoms with Crippen molar-refractivity contribution in [2.45, 2.75) is 19.6 Å². The largest absolute Gasteiger partial charge is 0.128 e. The standard InChI is InChI=1S/C15H12S4/c1-16-11-6-2-3-7-12(11)17-10-15-18-13-8-4-5-9-14(13)19-15/h2-10H,1H3. The van der Waals surface area contributed by atoms with E-state index in [2.05, 4.69) is 60.2 Å². The van der Waals surface area contributed by atoms with Crippen molar-refractivity contribution in [1.82, 2.24) is 0 Å². The number of fused-ring (bicyclic) bond motifs is 1. The summed E-state index contributed by atoms with van der Waals surface area (Å²) < 4.78 is 1.36. The third-order valence-electron chi connectivity index (χ3n) is 2.62. The Morgan fingerprint density at radius 3 is 2.05 bits per heavy atom. The molecule has 3 rings (SSSR count). The van der Waals surface area contributed by atoms with Crippen LogP contribution in [0.1, 0.15) is 0 Å². The highest BCUT2D eigenvalue weighted by Gasteiger charge is 2.16. The Hall–Kier alpha value is -0.420. The molecule has 2 aromatic carbocycles. The zero-order valence-electron chi connectivity index (χ0n) is 10.3. The summed E-state index contributed by atoms with van der Waals surface area (Å²) in [7, 11) is 0. The molecule has 0 aromatic heterocycles. The van der Waals surface area contributed by atoms with Crippen LogP contribution in [0.25, 0.3) is 0 Å². The summed E-state index contributed by atoms with van der Waals surface area (Å²) in [4.78, 5) is 5.42. The Labute approximate surface area is 130 Å². The van der Waals surface area contributed by atoms with Gasteiger partial charge in [-0.15, -0.1) is 11.8 Å². The lowest BCUT2D eigenvalue weighted by atomic mass is 10.4. The fourth-order valence-corrected chi connectivity index (χ4v) is 5.87. The molecular weight excluding hydrogens is 308 g/mol. The molecule has 0 saturated heterocycles. The van der Waals surface area contributed by atoms with E-state index in [1.54, 1.807) is 11.8 Å². The molecule has 1 aliphatic rings. The first kappa shape index (κ1) is 13.6. The fourth-order valence-electron chi connectivity index (χ4n) is 1.73. The van der Waals surface area contributed by atoms with Gasteiger partial charge in [0.05, 0.1) is 4.24 Å². The van der Waals surface area contributed by atoms with E-state index in [9.17, 15) is 0 Å². The molecular formula is C15H12S4. The van der Waals surface area contributed by atoms with Gasteiger partial charge in [-0.3, -0.25) is 0 Å². The zero-order valence-corrected chi connectivity index (χ0v) is 13.6. The van der Waals surface area contributed by atoms with Crippen molar-refractivity contribution in [3.63, 3.8) is 0 Å². The molecule has 0 spiro atoms. The van der Waals surface area contributed by atoms with Gasteiger partial charge in [-0.25, -0.2) is 0 Å². The van der Waals surface area contributed by atoms with Crippen LogP contribution < -0.4 is 0 Å². The summed E-state index contributed by atoms with van der Waals surface area (Å²) in [5.74, 6) is 0. The molecule has 0 unspecified atom stereocenters. The minimum absolute atomic E-state index is 1.33. The lowest BCUT2D eigenvalue weighted by molar-refractivity contribution is 1.26. The Bertz CT molecular complexity index is 592. The highest BCUT2D eigenvalue weighted by molar-refractivity contribution is 8.25. The number of thioether (sulfide) groups is 4. The molecule has 0 N–H and O–H groups in total. The quantitative estimate of drug-likeness (QED) is 0.617. The Morgan fingerprint density at radius 1 is 0.842 bits per heavy atom. The van der Waals surface area contributed by atoms with E-state index in [0.717, 1.165) is 0 Å². The van der Waals surface area contributed by atoms with E-state index < -0.39 is 0 Å². The van der Waals surface area contributed by atoms with Crippen LogP contribution in [0.3, 0.4) is 0 Å². The van der Waals surface area contributed by atoms with Crippen molar-refractivity contribution in [2.75, 3.05) is 6.26 Å². The van der Waals surface area contributed by atoms with Crippen LogP contribution in [0.2, 0.25) is 0 Å². The van der Waals surface area contributed by atoms with Gasteiger partial charge in [-0.2, -0.15) is 0 Å². The van der Waals surface area contributed by atoms with Gasteiger partial charge in [0.2, 0.25) is 0 Å². The van der Waals surface area contributed by atoms with Gasteiger partial charge in [0.1, 0.15) is 0 Å². The summed E-state index contributed by atoms with van der Waals surface area (Å²) >= 11 is 7.35. The van der Waals surface area contributed by atoms with Gasteiger partial charge in [-0.05, 0) is 35.9 Å². The van der Waals surface area contributed by atoms with Crippen LogP contribution in [-0.2, 0) is 0 Å². The van der Waals surface area contributed by atoms with Crippen molar-refractivity contribution < 1.29 is 0 Å². The molecule has 0 bridgehead atoms. The van der Waals surface area contributed by atoms with E-state index in [1.165, 1.54) is 23.8 Å². The summed E-state index contributed by atoms with van der Waals surface area (Å²) in [6.07, 6.45) is 2.13. The molecule has 0 amide bonds. The van der Waals surface area contributed by atoms with Gasteiger partial charge in [0.15, 0.2) is 0 Å². The Kier molecular flexibility index (Phi) is 4.53. The number of rotatable bonds is 3. The molecule has 0 radical (unpaired) electrons. The third kappa shape index (κ3) is 3.19. The van der Waals surface area contributed by atoms with Crippen LogP contribution in [0, 0.1) is 0 Å². The normalized spacial score (nSPS) is 13.4. The highest BCUT2D eigenvalue weighted by Crippen LogP contribution is 2.51. The van der Waals surface area contributed by atoms with Gasteiger partial charge < -0.3 is 0 Å². The molecule has 4 heteroatoms. The van der Waals surface area contributed by atoms with Crippen molar-refractivity contribution in [3.05, 3.63) is 58.2 Å². The molecule has 1 aliphatic heterocycles. The van der Waals surface area contributed by atoms with Crippen LogP contribution >= 0.6 is 47.0 Å². The molecule has 0 fully saturated rings. The molecule has 0 aliphatic carbocycles. The Morgan fingerprint density at radius 2 is 1.42 bits per heavy atom. The number of benzene rings is 2. The first-order valence-electron chi connectivity index (χ1n) is 5.81. The van der Waals surface area contributed by atoms with Gasteiger partial charge in [-0.1, -0.05) is 59.6 Å². The van der Waals surface area contributed by atoms with Gasteiger partial charge in [0.25, 0.3) is 0 Å². The van der Waals surface area contributed by atoms with Crippen LogP contribution in [0.15, 0.2) is 77.8 Å². The second kappa shape index (κ2) is 6.35. The maximum absolute atomic E-state index is 2.27. The predicted octanol–water partition coefficient (Wildman–Crippen LogP) is 6.20. The second-order valence-electron chi connectivity index (χ2n) is 3.86. The number of hydrogen-bond acceptors (Lipinski definition) is 4. The smallest absolute Gasteiger partial charge is 0.0566 e. The van der Waals surface area contributed by atoms with Gasteiger partial charge in [0, 0.05) is 19.6 Å². The molecule has 96 valence electrons. The molecule has 19 heavy (non-hydrogen) atoms. The van der Waals surface area contributed by atoms with E-state index in [4.69, 9.17) is 0 Å². The van der Waals surface area contributed by atoms with Crippen molar-refractivity contribution in [3.8, 4) is 0 Å². The van der Waals surface area contributed by atoms with E-state index in [1.807, 2.05) is 35.3 Å². The highest BCUT2D eigenvalue weighted by atomic mass is 32.2. The maximum atomic E-state index is 2.27. The Balaban J connectivity index is 1.75. The molecule has 0 saturated carbocycles. The SMILES string of the molecule is CSc1ccccc1SC=C1Sc2ccccc2S1. The average Bonchev–Trinajstić information content (AvgIpc) is 2.88. The topological polar surface area (TPSA) is 0 Å². The van der Waals surface area contributed by atoms with Crippen LogP contribution in [0.4, 0.5) is 0 Å². The van der Waals surface area contributed by atoms with Crippen molar-refractivity contribution in [1.29, 1.82) is 0 Å². The van der Waals surface area contributed by atoms with Crippen molar-refractivity contribution in [2.24, 2.45) is 0 Å². The van der Waals surface area contributed by atoms with E-state index in [-0.39, 0.29) is 0 Å². The molecule has 1 heterocycles. The number of hydrogen-bond donors (Lipinski definition) is 0. The van der Waals surface area contributed by atoms with Crippen molar-refractivity contribution >= 4 is 47.0 Å². The average molecular weight is 321 g/mol. The zero-order chi connectivity index (χ0) is 13.1. The summed E-state index contributed by atoms with van der Waals surface area (Å²) in [5, 5.41) is 2.27. The van der Waals surface area contributed by atoms with Crippen LogP contribution in [0.5, 0.6) is 0 Å². The van der Waals surface area contributed by atoms with E-state index >= 15 is 0 Å². The third-order valence-corrected chi connectivity index (χ3v) is 7.23. The molecule has 2 aromatic rings.